The molecule has 1 aromatic rings. The van der Waals surface area contributed by atoms with Crippen LogP contribution in [-0.4, -0.2) is 12.7 Å². The van der Waals surface area contributed by atoms with Gasteiger partial charge in [0.05, 0.1) is 0 Å². The van der Waals surface area contributed by atoms with Crippen molar-refractivity contribution in [3.8, 4) is 11.5 Å². The van der Waals surface area contributed by atoms with Gasteiger partial charge in [0.25, 0.3) is 0 Å². The largest absolute Gasteiger partial charge is 0.486 e. The smallest absolute Gasteiger partial charge is 0.161 e. The van der Waals surface area contributed by atoms with Crippen LogP contribution in [-0.2, 0) is 0 Å². The quantitative estimate of drug-likeness (QED) is 0.755. The van der Waals surface area contributed by atoms with Crippen molar-refractivity contribution in [1.29, 1.82) is 0 Å². The molecule has 1 heterocycles. The summed E-state index contributed by atoms with van der Waals surface area (Å²) in [7, 11) is 0. The van der Waals surface area contributed by atoms with E-state index in [0.717, 1.165) is 23.8 Å². The van der Waals surface area contributed by atoms with E-state index in [1.807, 2.05) is 24.3 Å². The molecule has 2 rings (SSSR count). The molecule has 1 aliphatic rings. The molecule has 0 amide bonds. The normalized spacial score (nSPS) is 19.3. The summed E-state index contributed by atoms with van der Waals surface area (Å²) in [4.78, 5) is 0. The number of rotatable bonds is 3. The second-order valence-corrected chi connectivity index (χ2v) is 4.47. The van der Waals surface area contributed by atoms with Crippen LogP contribution in [0.25, 0.3) is 0 Å². The highest BCUT2D eigenvalue weighted by Crippen LogP contribution is 2.32. The molecule has 0 spiro atoms. The van der Waals surface area contributed by atoms with E-state index in [9.17, 15) is 0 Å². The first kappa shape index (κ1) is 10.3. The zero-order valence-electron chi connectivity index (χ0n) is 9.40. The molecule has 2 nitrogen and oxygen atoms in total. The first-order valence-electron chi connectivity index (χ1n) is 5.64. The number of hydrogen-bond donors (Lipinski definition) is 0. The summed E-state index contributed by atoms with van der Waals surface area (Å²) in [5.41, 5.74) is 0. The fourth-order valence-corrected chi connectivity index (χ4v) is 1.72. The Morgan fingerprint density at radius 1 is 1.27 bits per heavy atom. The number of fused-ring (bicyclic) bond motifs is 1. The molecule has 2 heteroatoms. The van der Waals surface area contributed by atoms with Gasteiger partial charge in [0.2, 0.25) is 0 Å². The van der Waals surface area contributed by atoms with Gasteiger partial charge in [-0.2, -0.15) is 0 Å². The molecule has 1 aliphatic heterocycles. The minimum atomic E-state index is 0.224. The van der Waals surface area contributed by atoms with Crippen molar-refractivity contribution >= 4 is 0 Å². The molecule has 1 aromatic carbocycles. The first-order chi connectivity index (χ1) is 7.25. The van der Waals surface area contributed by atoms with E-state index < -0.39 is 0 Å². The molecule has 0 aromatic heterocycles. The highest BCUT2D eigenvalue weighted by Gasteiger charge is 2.20. The Hall–Kier alpha value is -1.18. The Kier molecular flexibility index (Phi) is 3.14. The molecule has 0 aliphatic carbocycles. The Balaban J connectivity index is 1.94. The van der Waals surface area contributed by atoms with Gasteiger partial charge in [-0.05, 0) is 30.9 Å². The Labute approximate surface area is 91.2 Å². The van der Waals surface area contributed by atoms with E-state index in [2.05, 4.69) is 13.8 Å². The Morgan fingerprint density at radius 2 is 2.00 bits per heavy atom. The molecule has 0 fully saturated rings. The van der Waals surface area contributed by atoms with Gasteiger partial charge in [-0.3, -0.25) is 0 Å². The van der Waals surface area contributed by atoms with Crippen molar-refractivity contribution in [1.82, 2.24) is 0 Å². The molecular formula is C13H18O2. The van der Waals surface area contributed by atoms with Crippen LogP contribution >= 0.6 is 0 Å². The lowest BCUT2D eigenvalue weighted by Crippen LogP contribution is -2.29. The molecule has 0 radical (unpaired) electrons. The molecule has 1 atom stereocenters. The zero-order valence-corrected chi connectivity index (χ0v) is 9.40. The van der Waals surface area contributed by atoms with Crippen LogP contribution in [0.5, 0.6) is 11.5 Å². The van der Waals surface area contributed by atoms with Crippen LogP contribution < -0.4 is 9.47 Å². The van der Waals surface area contributed by atoms with Crippen molar-refractivity contribution in [3.05, 3.63) is 24.3 Å². The third-order valence-corrected chi connectivity index (χ3v) is 2.63. The highest BCUT2D eigenvalue weighted by atomic mass is 16.6. The monoisotopic (exact) mass is 206 g/mol. The summed E-state index contributed by atoms with van der Waals surface area (Å²) < 4.78 is 11.5. The lowest BCUT2D eigenvalue weighted by atomic mass is 10.0. The predicted molar refractivity (Wildman–Crippen MR) is 60.4 cm³/mol. The van der Waals surface area contributed by atoms with Crippen LogP contribution in [0.1, 0.15) is 26.7 Å². The zero-order chi connectivity index (χ0) is 10.7. The minimum Gasteiger partial charge on any atom is -0.486 e. The predicted octanol–water partition coefficient (Wildman–Crippen LogP) is 3.26. The van der Waals surface area contributed by atoms with Crippen LogP contribution in [0.15, 0.2) is 24.3 Å². The van der Waals surface area contributed by atoms with E-state index in [1.165, 1.54) is 6.42 Å². The lowest BCUT2D eigenvalue weighted by Gasteiger charge is -2.26. The third-order valence-electron chi connectivity index (χ3n) is 2.63. The minimum absolute atomic E-state index is 0.224. The van der Waals surface area contributed by atoms with Crippen LogP contribution in [0.4, 0.5) is 0 Å². The summed E-state index contributed by atoms with van der Waals surface area (Å²) >= 11 is 0. The van der Waals surface area contributed by atoms with E-state index in [4.69, 9.17) is 9.47 Å². The van der Waals surface area contributed by atoms with Gasteiger partial charge in [-0.25, -0.2) is 0 Å². The average molecular weight is 206 g/mol. The third kappa shape index (κ3) is 2.65. The Morgan fingerprint density at radius 3 is 2.73 bits per heavy atom. The summed E-state index contributed by atoms with van der Waals surface area (Å²) in [6.07, 6.45) is 2.49. The van der Waals surface area contributed by atoms with Crippen molar-refractivity contribution in [2.45, 2.75) is 32.8 Å². The molecule has 0 bridgehead atoms. The van der Waals surface area contributed by atoms with Gasteiger partial charge in [0.1, 0.15) is 12.7 Å². The topological polar surface area (TPSA) is 18.5 Å². The maximum atomic E-state index is 5.86. The van der Waals surface area contributed by atoms with Gasteiger partial charge in [-0.1, -0.05) is 26.0 Å². The highest BCUT2D eigenvalue weighted by molar-refractivity contribution is 5.40. The number of ether oxygens (including phenoxy) is 2. The van der Waals surface area contributed by atoms with Crippen LogP contribution in [0.2, 0.25) is 0 Å². The van der Waals surface area contributed by atoms with E-state index in [0.29, 0.717) is 6.61 Å². The molecule has 82 valence electrons. The summed E-state index contributed by atoms with van der Waals surface area (Å²) in [6, 6.07) is 7.87. The molecular weight excluding hydrogens is 188 g/mol. The molecule has 0 N–H and O–H groups in total. The van der Waals surface area contributed by atoms with Gasteiger partial charge >= 0.3 is 0 Å². The molecule has 1 unspecified atom stereocenters. The van der Waals surface area contributed by atoms with Crippen LogP contribution in [0, 0.1) is 5.92 Å². The van der Waals surface area contributed by atoms with Crippen molar-refractivity contribution < 1.29 is 9.47 Å². The standard InChI is InChI=1S/C13H18O2/c1-10(2)7-8-11-9-14-12-5-3-4-6-13(12)15-11/h3-6,10-11H,7-9H2,1-2H3. The van der Waals surface area contributed by atoms with Gasteiger partial charge in [0.15, 0.2) is 11.5 Å². The van der Waals surface area contributed by atoms with Crippen molar-refractivity contribution in [2.75, 3.05) is 6.61 Å². The van der Waals surface area contributed by atoms with Gasteiger partial charge in [-0.15, -0.1) is 0 Å². The SMILES string of the molecule is CC(C)CCC1COc2ccccc2O1. The fraction of sp³-hybridized carbons (Fsp3) is 0.538. The van der Waals surface area contributed by atoms with Crippen molar-refractivity contribution in [2.24, 2.45) is 5.92 Å². The van der Waals surface area contributed by atoms with Crippen molar-refractivity contribution in [3.63, 3.8) is 0 Å². The fourth-order valence-electron chi connectivity index (χ4n) is 1.72. The van der Waals surface area contributed by atoms with Gasteiger partial charge < -0.3 is 9.47 Å². The molecule has 0 saturated heterocycles. The van der Waals surface area contributed by atoms with E-state index >= 15 is 0 Å². The second kappa shape index (κ2) is 4.56. The maximum Gasteiger partial charge on any atom is 0.161 e. The lowest BCUT2D eigenvalue weighted by molar-refractivity contribution is 0.0808. The average Bonchev–Trinajstić information content (AvgIpc) is 2.26. The number of para-hydroxylation sites is 2. The maximum absolute atomic E-state index is 5.86. The van der Waals surface area contributed by atoms with E-state index in [-0.39, 0.29) is 6.10 Å². The summed E-state index contributed by atoms with van der Waals surface area (Å²) in [6.45, 7) is 5.15. The molecule has 0 saturated carbocycles. The van der Waals surface area contributed by atoms with Gasteiger partial charge in [0, 0.05) is 0 Å². The molecule has 15 heavy (non-hydrogen) atoms. The van der Waals surface area contributed by atoms with E-state index in [1.54, 1.807) is 0 Å². The van der Waals surface area contributed by atoms with Crippen LogP contribution in [0.3, 0.4) is 0 Å². The summed E-state index contributed by atoms with van der Waals surface area (Å²) in [5.74, 6) is 2.49. The Bertz CT molecular complexity index is 320. The second-order valence-electron chi connectivity index (χ2n) is 4.47. The number of hydrogen-bond acceptors (Lipinski definition) is 2. The first-order valence-corrected chi connectivity index (χ1v) is 5.64. The number of benzene rings is 1. The summed E-state index contributed by atoms with van der Waals surface area (Å²) in [5, 5.41) is 0.